The molecular formula is C22H17ClN4O3. The molecular weight excluding hydrogens is 404 g/mol. The zero-order valence-corrected chi connectivity index (χ0v) is 16.7. The Morgan fingerprint density at radius 1 is 1.13 bits per heavy atom. The highest BCUT2D eigenvalue weighted by molar-refractivity contribution is 6.30. The van der Waals surface area contributed by atoms with E-state index in [1.165, 1.54) is 0 Å². The first-order chi connectivity index (χ1) is 14.6. The highest BCUT2D eigenvalue weighted by Gasteiger charge is 2.28. The second-order valence-electron chi connectivity index (χ2n) is 6.90. The van der Waals surface area contributed by atoms with Crippen LogP contribution in [-0.4, -0.2) is 26.8 Å². The van der Waals surface area contributed by atoms with Gasteiger partial charge < -0.3 is 14.8 Å². The van der Waals surface area contributed by atoms with Crippen LogP contribution in [0, 0.1) is 0 Å². The number of halogens is 1. The van der Waals surface area contributed by atoms with E-state index in [0.29, 0.717) is 16.4 Å². The van der Waals surface area contributed by atoms with Crippen molar-refractivity contribution in [2.75, 3.05) is 5.32 Å². The fourth-order valence-electron chi connectivity index (χ4n) is 3.33. The molecule has 3 heterocycles. The molecule has 0 atom stereocenters. The third-order valence-electron chi connectivity index (χ3n) is 4.78. The third kappa shape index (κ3) is 3.54. The number of fused-ring (bicyclic) bond motifs is 1. The molecule has 0 spiro atoms. The molecule has 1 amide bonds. The highest BCUT2D eigenvalue weighted by atomic mass is 35.5. The SMILES string of the molecule is CC1OC(c2cccc(NC(=O)c3ccn4ncc(-c5cccc(Cl)c5)c4n3)c2)O1. The number of carbonyl (C=O) groups is 1. The molecule has 1 aliphatic rings. The first-order valence-corrected chi connectivity index (χ1v) is 9.77. The molecule has 5 rings (SSSR count). The topological polar surface area (TPSA) is 77.8 Å². The van der Waals surface area contributed by atoms with Crippen LogP contribution in [0.5, 0.6) is 0 Å². The average molecular weight is 421 g/mol. The molecule has 1 aliphatic heterocycles. The summed E-state index contributed by atoms with van der Waals surface area (Å²) in [6.07, 6.45) is 2.80. The van der Waals surface area contributed by atoms with Crippen molar-refractivity contribution in [1.29, 1.82) is 0 Å². The van der Waals surface area contributed by atoms with Crippen LogP contribution in [0.4, 0.5) is 5.69 Å². The summed E-state index contributed by atoms with van der Waals surface area (Å²) in [5.74, 6) is -0.322. The van der Waals surface area contributed by atoms with E-state index < -0.39 is 6.29 Å². The van der Waals surface area contributed by atoms with Crippen LogP contribution >= 0.6 is 11.6 Å². The fourth-order valence-corrected chi connectivity index (χ4v) is 3.52. The number of anilines is 1. The molecule has 1 N–H and O–H groups in total. The molecule has 0 bridgehead atoms. The lowest BCUT2D eigenvalue weighted by Crippen LogP contribution is -2.31. The largest absolute Gasteiger partial charge is 0.321 e. The minimum Gasteiger partial charge on any atom is -0.321 e. The number of nitrogens with one attached hydrogen (secondary N) is 1. The van der Waals surface area contributed by atoms with E-state index in [2.05, 4.69) is 15.4 Å². The summed E-state index contributed by atoms with van der Waals surface area (Å²) in [5.41, 5.74) is 4.00. The predicted molar refractivity (Wildman–Crippen MR) is 112 cm³/mol. The number of rotatable bonds is 4. The fraction of sp³-hybridized carbons (Fsp3) is 0.136. The smallest absolute Gasteiger partial charge is 0.274 e. The van der Waals surface area contributed by atoms with Gasteiger partial charge in [-0.15, -0.1) is 0 Å². The molecule has 1 fully saturated rings. The summed E-state index contributed by atoms with van der Waals surface area (Å²) in [6, 6.07) is 16.4. The normalized spacial score (nSPS) is 18.2. The standard InChI is InChI=1S/C22H17ClN4O3/c1-13-29-22(30-13)15-5-3-7-17(11-15)25-21(28)19-8-9-27-20(26-19)18(12-24-27)14-4-2-6-16(23)10-14/h2-13,22H,1H3,(H,25,28). The van der Waals surface area contributed by atoms with E-state index in [1.807, 2.05) is 43.3 Å². The molecule has 2 aromatic carbocycles. The lowest BCUT2D eigenvalue weighted by Gasteiger charge is -2.34. The van der Waals surface area contributed by atoms with Crippen molar-refractivity contribution in [2.45, 2.75) is 19.5 Å². The number of hydrogen-bond acceptors (Lipinski definition) is 5. The van der Waals surface area contributed by atoms with Crippen molar-refractivity contribution < 1.29 is 14.3 Å². The van der Waals surface area contributed by atoms with Crippen molar-refractivity contribution >= 4 is 28.8 Å². The molecule has 2 aromatic heterocycles. The maximum Gasteiger partial charge on any atom is 0.274 e. The molecule has 7 nitrogen and oxygen atoms in total. The van der Waals surface area contributed by atoms with Gasteiger partial charge in [0, 0.05) is 28.0 Å². The lowest BCUT2D eigenvalue weighted by atomic mass is 10.1. The van der Waals surface area contributed by atoms with Gasteiger partial charge in [0.1, 0.15) is 5.69 Å². The van der Waals surface area contributed by atoms with Gasteiger partial charge in [-0.25, -0.2) is 9.50 Å². The highest BCUT2D eigenvalue weighted by Crippen LogP contribution is 2.32. The van der Waals surface area contributed by atoms with Crippen LogP contribution in [0.3, 0.4) is 0 Å². The van der Waals surface area contributed by atoms with Crippen LogP contribution in [0.15, 0.2) is 67.0 Å². The molecule has 0 radical (unpaired) electrons. The van der Waals surface area contributed by atoms with E-state index in [1.54, 1.807) is 35.1 Å². The Morgan fingerprint density at radius 2 is 1.97 bits per heavy atom. The summed E-state index contributed by atoms with van der Waals surface area (Å²) in [7, 11) is 0. The maximum atomic E-state index is 12.8. The Bertz CT molecular complexity index is 1250. The number of aromatic nitrogens is 3. The van der Waals surface area contributed by atoms with Crippen molar-refractivity contribution in [2.24, 2.45) is 0 Å². The van der Waals surface area contributed by atoms with Crippen LogP contribution in [0.2, 0.25) is 5.02 Å². The van der Waals surface area contributed by atoms with Crippen molar-refractivity contribution in [3.8, 4) is 11.1 Å². The van der Waals surface area contributed by atoms with Crippen molar-refractivity contribution in [1.82, 2.24) is 14.6 Å². The summed E-state index contributed by atoms with van der Waals surface area (Å²) in [6.45, 7) is 1.83. The second-order valence-corrected chi connectivity index (χ2v) is 7.34. The van der Waals surface area contributed by atoms with Crippen molar-refractivity contribution in [3.63, 3.8) is 0 Å². The van der Waals surface area contributed by atoms with Gasteiger partial charge in [0.15, 0.2) is 18.2 Å². The number of nitrogens with zero attached hydrogens (tertiary/aromatic N) is 3. The Morgan fingerprint density at radius 3 is 2.77 bits per heavy atom. The zero-order chi connectivity index (χ0) is 20.7. The van der Waals surface area contributed by atoms with Crippen LogP contribution in [0.1, 0.15) is 29.3 Å². The van der Waals surface area contributed by atoms with Gasteiger partial charge in [-0.1, -0.05) is 35.9 Å². The number of benzene rings is 2. The Labute approximate surface area is 177 Å². The van der Waals surface area contributed by atoms with Gasteiger partial charge in [0.2, 0.25) is 0 Å². The molecule has 0 unspecified atom stereocenters. The van der Waals surface area contributed by atoms with Gasteiger partial charge in [0.05, 0.1) is 6.20 Å². The average Bonchev–Trinajstić information content (AvgIpc) is 3.15. The Balaban J connectivity index is 1.41. The van der Waals surface area contributed by atoms with Crippen LogP contribution in [0.25, 0.3) is 16.8 Å². The minimum absolute atomic E-state index is 0.214. The number of hydrogen-bond donors (Lipinski definition) is 1. The Hall–Kier alpha value is -3.26. The van der Waals surface area contributed by atoms with E-state index in [9.17, 15) is 4.79 Å². The molecule has 8 heteroatoms. The first kappa shape index (κ1) is 18.7. The van der Waals surface area contributed by atoms with Gasteiger partial charge >= 0.3 is 0 Å². The van der Waals surface area contributed by atoms with Crippen molar-refractivity contribution in [3.05, 3.63) is 83.3 Å². The molecule has 0 aliphatic carbocycles. The minimum atomic E-state index is -0.404. The molecule has 30 heavy (non-hydrogen) atoms. The monoisotopic (exact) mass is 420 g/mol. The number of ether oxygens (including phenoxy) is 2. The summed E-state index contributed by atoms with van der Waals surface area (Å²) in [4.78, 5) is 17.3. The van der Waals surface area contributed by atoms with Gasteiger partial charge in [-0.05, 0) is 42.8 Å². The lowest BCUT2D eigenvalue weighted by molar-refractivity contribution is -0.382. The molecule has 150 valence electrons. The van der Waals surface area contributed by atoms with E-state index in [4.69, 9.17) is 21.1 Å². The summed E-state index contributed by atoms with van der Waals surface area (Å²) in [5, 5.41) is 7.81. The number of carbonyl (C=O) groups excluding carboxylic acids is 1. The summed E-state index contributed by atoms with van der Waals surface area (Å²) >= 11 is 6.11. The van der Waals surface area contributed by atoms with Gasteiger partial charge in [-0.2, -0.15) is 5.10 Å². The Kier molecular flexibility index (Phi) is 4.71. The maximum absolute atomic E-state index is 12.8. The third-order valence-corrected chi connectivity index (χ3v) is 5.02. The molecule has 1 saturated heterocycles. The van der Waals surface area contributed by atoms with Gasteiger partial charge in [-0.3, -0.25) is 4.79 Å². The summed E-state index contributed by atoms with van der Waals surface area (Å²) < 4.78 is 12.6. The quantitative estimate of drug-likeness (QED) is 0.518. The van der Waals surface area contributed by atoms with Gasteiger partial charge in [0.25, 0.3) is 5.91 Å². The van der Waals surface area contributed by atoms with Crippen LogP contribution in [-0.2, 0) is 9.47 Å². The van der Waals surface area contributed by atoms with Crippen LogP contribution < -0.4 is 5.32 Å². The first-order valence-electron chi connectivity index (χ1n) is 9.39. The predicted octanol–water partition coefficient (Wildman–Crippen LogP) is 4.69. The number of amides is 1. The molecule has 4 aromatic rings. The van der Waals surface area contributed by atoms with E-state index >= 15 is 0 Å². The van der Waals surface area contributed by atoms with E-state index in [0.717, 1.165) is 16.7 Å². The second kappa shape index (κ2) is 7.53. The van der Waals surface area contributed by atoms with E-state index in [-0.39, 0.29) is 17.9 Å². The zero-order valence-electron chi connectivity index (χ0n) is 15.9. The molecule has 0 saturated carbocycles.